The van der Waals surface area contributed by atoms with Gasteiger partial charge >= 0.3 is 5.69 Å². The Morgan fingerprint density at radius 3 is 2.74 bits per heavy atom. The Morgan fingerprint density at radius 1 is 1.32 bits per heavy atom. The van der Waals surface area contributed by atoms with E-state index >= 15 is 0 Å². The average Bonchev–Trinajstić information content (AvgIpc) is 2.41. The third kappa shape index (κ3) is 5.13. The third-order valence-electron chi connectivity index (χ3n) is 2.40. The molecule has 0 heterocycles. The molecule has 0 aliphatic rings. The van der Waals surface area contributed by atoms with Gasteiger partial charge < -0.3 is 14.8 Å². The maximum atomic E-state index is 10.9. The van der Waals surface area contributed by atoms with Crippen LogP contribution < -0.4 is 10.1 Å². The van der Waals surface area contributed by atoms with E-state index < -0.39 is 4.92 Å². The van der Waals surface area contributed by atoms with Crippen LogP contribution in [0, 0.1) is 10.1 Å². The third-order valence-corrected chi connectivity index (χ3v) is 2.40. The molecule has 0 aliphatic heterocycles. The van der Waals surface area contributed by atoms with Gasteiger partial charge in [-0.2, -0.15) is 0 Å². The maximum absolute atomic E-state index is 10.9. The second kappa shape index (κ2) is 8.31. The number of benzene rings is 1. The number of nitrogens with one attached hydrogen (secondary N) is 1. The molecule has 6 heteroatoms. The van der Waals surface area contributed by atoms with E-state index in [0.29, 0.717) is 32.1 Å². The lowest BCUT2D eigenvalue weighted by molar-refractivity contribution is -0.385. The minimum Gasteiger partial charge on any atom is -0.487 e. The topological polar surface area (TPSA) is 73.6 Å². The highest BCUT2D eigenvalue weighted by Crippen LogP contribution is 2.30. The van der Waals surface area contributed by atoms with E-state index in [1.165, 1.54) is 6.07 Å². The summed E-state index contributed by atoms with van der Waals surface area (Å²) in [6, 6.07) is 4.77. The molecule has 0 atom stereocenters. The predicted molar refractivity (Wildman–Crippen MR) is 73.9 cm³/mol. The molecule has 0 saturated heterocycles. The molecular weight excluding hydrogens is 248 g/mol. The van der Waals surface area contributed by atoms with Crippen LogP contribution >= 0.6 is 0 Å². The summed E-state index contributed by atoms with van der Waals surface area (Å²) in [5.41, 5.74) is 0.778. The van der Waals surface area contributed by atoms with Crippen LogP contribution in [0.3, 0.4) is 0 Å². The van der Waals surface area contributed by atoms with E-state index in [9.17, 15) is 10.1 Å². The second-order valence-electron chi connectivity index (χ2n) is 3.91. The fourth-order valence-corrected chi connectivity index (χ4v) is 1.51. The summed E-state index contributed by atoms with van der Waals surface area (Å²) in [5, 5.41) is 14.0. The van der Waals surface area contributed by atoms with Crippen LogP contribution in [0.4, 0.5) is 11.4 Å². The number of hydrogen-bond acceptors (Lipinski definition) is 5. The zero-order valence-electron chi connectivity index (χ0n) is 11.3. The molecule has 0 unspecified atom stereocenters. The number of rotatable bonds is 9. The number of ether oxygens (including phenoxy) is 2. The molecule has 0 aromatic heterocycles. The Morgan fingerprint density at radius 2 is 2.11 bits per heavy atom. The molecule has 1 rings (SSSR count). The van der Waals surface area contributed by atoms with Gasteiger partial charge in [0.25, 0.3) is 0 Å². The van der Waals surface area contributed by atoms with Gasteiger partial charge in [-0.1, -0.05) is 6.92 Å². The fraction of sp³-hybridized carbons (Fsp3) is 0.538. The first kappa shape index (κ1) is 15.2. The number of nitro groups is 1. The van der Waals surface area contributed by atoms with Crippen LogP contribution in [0.25, 0.3) is 0 Å². The van der Waals surface area contributed by atoms with Crippen molar-refractivity contribution in [3.05, 3.63) is 28.3 Å². The quantitative estimate of drug-likeness (QED) is 0.423. The summed E-state index contributed by atoms with van der Waals surface area (Å²) >= 11 is 0. The molecule has 0 radical (unpaired) electrons. The van der Waals surface area contributed by atoms with Crippen molar-refractivity contribution in [3.8, 4) is 5.75 Å². The Bertz CT molecular complexity index is 410. The summed E-state index contributed by atoms with van der Waals surface area (Å²) < 4.78 is 10.6. The number of hydrogen-bond donors (Lipinski definition) is 1. The molecule has 0 aliphatic carbocycles. The van der Waals surface area contributed by atoms with Crippen molar-refractivity contribution in [2.75, 3.05) is 31.7 Å². The van der Waals surface area contributed by atoms with Crippen molar-refractivity contribution in [2.45, 2.75) is 20.3 Å². The van der Waals surface area contributed by atoms with Gasteiger partial charge in [-0.25, -0.2) is 0 Å². The normalized spacial score (nSPS) is 10.2. The van der Waals surface area contributed by atoms with Crippen molar-refractivity contribution < 1.29 is 14.4 Å². The van der Waals surface area contributed by atoms with Gasteiger partial charge in [-0.15, -0.1) is 0 Å². The average molecular weight is 268 g/mol. The van der Waals surface area contributed by atoms with Gasteiger partial charge in [-0.3, -0.25) is 10.1 Å². The monoisotopic (exact) mass is 268 g/mol. The minimum atomic E-state index is -0.436. The molecule has 0 spiro atoms. The van der Waals surface area contributed by atoms with Gasteiger partial charge in [0, 0.05) is 31.0 Å². The van der Waals surface area contributed by atoms with E-state index in [2.05, 4.69) is 5.32 Å². The van der Waals surface area contributed by atoms with Crippen LogP contribution in [-0.4, -0.2) is 31.3 Å². The van der Waals surface area contributed by atoms with E-state index in [-0.39, 0.29) is 5.69 Å². The molecule has 0 saturated carbocycles. The van der Waals surface area contributed by atoms with E-state index in [1.54, 1.807) is 12.1 Å². The zero-order chi connectivity index (χ0) is 14.1. The summed E-state index contributed by atoms with van der Waals surface area (Å²) in [6.45, 7) is 6.27. The first-order valence-electron chi connectivity index (χ1n) is 6.41. The second-order valence-corrected chi connectivity index (χ2v) is 3.91. The van der Waals surface area contributed by atoms with E-state index in [1.807, 2.05) is 13.8 Å². The lowest BCUT2D eigenvalue weighted by Crippen LogP contribution is -2.09. The molecule has 6 nitrogen and oxygen atoms in total. The van der Waals surface area contributed by atoms with E-state index in [4.69, 9.17) is 9.47 Å². The highest BCUT2D eigenvalue weighted by atomic mass is 16.6. The van der Waals surface area contributed by atoms with Crippen molar-refractivity contribution in [2.24, 2.45) is 0 Å². The predicted octanol–water partition coefficient (Wildman–Crippen LogP) is 2.83. The first-order valence-corrected chi connectivity index (χ1v) is 6.41. The van der Waals surface area contributed by atoms with Gasteiger partial charge in [0.05, 0.1) is 18.1 Å². The van der Waals surface area contributed by atoms with Crippen LogP contribution in [0.5, 0.6) is 5.75 Å². The number of nitrogens with zero attached hydrogens (tertiary/aromatic N) is 1. The molecule has 0 fully saturated rings. The molecule has 1 aromatic rings. The highest BCUT2D eigenvalue weighted by molar-refractivity contribution is 5.57. The van der Waals surface area contributed by atoms with E-state index in [0.717, 1.165) is 12.1 Å². The van der Waals surface area contributed by atoms with Crippen molar-refractivity contribution >= 4 is 11.4 Å². The Hall–Kier alpha value is -1.82. The number of anilines is 1. The van der Waals surface area contributed by atoms with Gasteiger partial charge in [0.2, 0.25) is 0 Å². The molecular formula is C13H20N2O4. The van der Waals surface area contributed by atoms with Gasteiger partial charge in [-0.05, 0) is 19.4 Å². The van der Waals surface area contributed by atoms with Crippen molar-refractivity contribution in [3.63, 3.8) is 0 Å². The minimum absolute atomic E-state index is 0.0104. The summed E-state index contributed by atoms with van der Waals surface area (Å²) in [4.78, 5) is 10.4. The summed E-state index contributed by atoms with van der Waals surface area (Å²) in [7, 11) is 0. The molecule has 1 N–H and O–H groups in total. The molecule has 1 aromatic carbocycles. The molecule has 106 valence electrons. The van der Waals surface area contributed by atoms with Crippen molar-refractivity contribution in [1.29, 1.82) is 0 Å². The molecule has 0 amide bonds. The zero-order valence-corrected chi connectivity index (χ0v) is 11.3. The first-order chi connectivity index (χ1) is 9.19. The Kier molecular flexibility index (Phi) is 6.67. The maximum Gasteiger partial charge on any atom is 0.311 e. The molecule has 0 bridgehead atoms. The van der Waals surface area contributed by atoms with Crippen molar-refractivity contribution in [1.82, 2.24) is 0 Å². The number of nitro benzene ring substituents is 1. The Balaban J connectivity index is 2.70. The van der Waals surface area contributed by atoms with Crippen LogP contribution in [-0.2, 0) is 4.74 Å². The SMILES string of the molecule is CCCOc1cc(NCCOCC)ccc1[N+](=O)[O-]. The smallest absolute Gasteiger partial charge is 0.311 e. The highest BCUT2D eigenvalue weighted by Gasteiger charge is 2.15. The molecule has 19 heavy (non-hydrogen) atoms. The fourth-order valence-electron chi connectivity index (χ4n) is 1.51. The van der Waals surface area contributed by atoms with Crippen LogP contribution in [0.2, 0.25) is 0 Å². The summed E-state index contributed by atoms with van der Waals surface area (Å²) in [6.07, 6.45) is 0.805. The summed E-state index contributed by atoms with van der Waals surface area (Å²) in [5.74, 6) is 0.299. The van der Waals surface area contributed by atoms with Gasteiger partial charge in [0.1, 0.15) is 0 Å². The van der Waals surface area contributed by atoms with Crippen LogP contribution in [0.1, 0.15) is 20.3 Å². The lowest BCUT2D eigenvalue weighted by atomic mass is 10.2. The largest absolute Gasteiger partial charge is 0.487 e. The van der Waals surface area contributed by atoms with Crippen LogP contribution in [0.15, 0.2) is 18.2 Å². The Labute approximate surface area is 112 Å². The lowest BCUT2D eigenvalue weighted by Gasteiger charge is -2.10. The van der Waals surface area contributed by atoms with Gasteiger partial charge in [0.15, 0.2) is 5.75 Å². The standard InChI is InChI=1S/C13H20N2O4/c1-3-8-19-13-10-11(14-7-9-18-4-2)5-6-12(13)15(16)17/h5-6,10,14H,3-4,7-9H2,1-2H3.